The number of nitrogens with two attached hydrogens (primary N) is 1. The zero-order valence-corrected chi connectivity index (χ0v) is 13.0. The van der Waals surface area contributed by atoms with Crippen LogP contribution in [0, 0.1) is 0 Å². The lowest BCUT2D eigenvalue weighted by molar-refractivity contribution is -0.120. The van der Waals surface area contributed by atoms with Gasteiger partial charge in [0.15, 0.2) is 9.84 Å². The Bertz CT molecular complexity index is 604. The molecule has 0 unspecified atom stereocenters. The summed E-state index contributed by atoms with van der Waals surface area (Å²) in [5.74, 6) is -0.163. The van der Waals surface area contributed by atoms with Gasteiger partial charge < -0.3 is 16.4 Å². The van der Waals surface area contributed by atoms with Gasteiger partial charge in [0.05, 0.1) is 22.8 Å². The maximum absolute atomic E-state index is 11.7. The van der Waals surface area contributed by atoms with Crippen LogP contribution >= 0.6 is 0 Å². The van der Waals surface area contributed by atoms with Gasteiger partial charge in [-0.1, -0.05) is 0 Å². The number of nitrogen functional groups attached to an aromatic ring is 1. The summed E-state index contributed by atoms with van der Waals surface area (Å²) in [6.07, 6.45) is 1.12. The van der Waals surface area contributed by atoms with Gasteiger partial charge in [-0.15, -0.1) is 0 Å². The van der Waals surface area contributed by atoms with Crippen molar-refractivity contribution < 1.29 is 13.2 Å². The summed E-state index contributed by atoms with van der Waals surface area (Å²) in [6.45, 7) is 5.74. The number of sulfone groups is 1. The van der Waals surface area contributed by atoms with Gasteiger partial charge in [0.1, 0.15) is 0 Å². The lowest BCUT2D eigenvalue weighted by Gasteiger charge is -2.21. The van der Waals surface area contributed by atoms with Crippen molar-refractivity contribution in [3.05, 3.63) is 18.2 Å². The highest BCUT2D eigenvalue weighted by molar-refractivity contribution is 7.90. The first-order valence-corrected chi connectivity index (χ1v) is 8.03. The SMILES string of the molecule is CC(C)(C)NC(=O)CNc1ccc(S(C)(=O)=O)cc1N. The van der Waals surface area contributed by atoms with E-state index in [9.17, 15) is 13.2 Å². The molecule has 7 heteroatoms. The van der Waals surface area contributed by atoms with Crippen LogP contribution in [0.25, 0.3) is 0 Å². The third kappa shape index (κ3) is 5.08. The predicted molar refractivity (Wildman–Crippen MR) is 80.3 cm³/mol. The maximum Gasteiger partial charge on any atom is 0.239 e. The molecular weight excluding hydrogens is 278 g/mol. The smallest absolute Gasteiger partial charge is 0.239 e. The number of benzene rings is 1. The van der Waals surface area contributed by atoms with Crippen molar-refractivity contribution in [1.29, 1.82) is 0 Å². The van der Waals surface area contributed by atoms with Gasteiger partial charge in [-0.05, 0) is 39.0 Å². The molecule has 0 spiro atoms. The third-order valence-electron chi connectivity index (χ3n) is 2.40. The van der Waals surface area contributed by atoms with Crippen molar-refractivity contribution in [2.24, 2.45) is 0 Å². The first kappa shape index (κ1) is 16.3. The molecule has 0 saturated carbocycles. The van der Waals surface area contributed by atoms with Crippen LogP contribution in [-0.4, -0.2) is 32.7 Å². The highest BCUT2D eigenvalue weighted by Gasteiger charge is 2.14. The molecular formula is C13H21N3O3S. The molecule has 0 aromatic heterocycles. The van der Waals surface area contributed by atoms with Crippen LogP contribution in [-0.2, 0) is 14.6 Å². The molecule has 0 aliphatic carbocycles. The standard InChI is InChI=1S/C13H21N3O3S/c1-13(2,3)16-12(17)8-15-11-6-5-9(7-10(11)14)20(4,18)19/h5-7,15H,8,14H2,1-4H3,(H,16,17). The number of hydrogen-bond acceptors (Lipinski definition) is 5. The van der Waals surface area contributed by atoms with Crippen LogP contribution in [0.4, 0.5) is 11.4 Å². The molecule has 0 bridgehead atoms. The molecule has 4 N–H and O–H groups in total. The van der Waals surface area contributed by atoms with Crippen LogP contribution in [0.1, 0.15) is 20.8 Å². The quantitative estimate of drug-likeness (QED) is 0.720. The van der Waals surface area contributed by atoms with Crippen molar-refractivity contribution in [3.63, 3.8) is 0 Å². The Balaban J connectivity index is 2.73. The van der Waals surface area contributed by atoms with Gasteiger partial charge >= 0.3 is 0 Å². The first-order chi connectivity index (χ1) is 8.99. The van der Waals surface area contributed by atoms with E-state index in [2.05, 4.69) is 10.6 Å². The van der Waals surface area contributed by atoms with E-state index in [-0.39, 0.29) is 28.6 Å². The van der Waals surface area contributed by atoms with E-state index in [0.29, 0.717) is 5.69 Å². The van der Waals surface area contributed by atoms with Crippen molar-refractivity contribution in [1.82, 2.24) is 5.32 Å². The van der Waals surface area contributed by atoms with E-state index in [0.717, 1.165) is 6.26 Å². The molecule has 0 fully saturated rings. The second-order valence-corrected chi connectivity index (χ2v) is 7.69. The number of carbonyl (C=O) groups excluding carboxylic acids is 1. The molecule has 0 heterocycles. The monoisotopic (exact) mass is 299 g/mol. The highest BCUT2D eigenvalue weighted by Crippen LogP contribution is 2.22. The average molecular weight is 299 g/mol. The molecule has 0 radical (unpaired) electrons. The van der Waals surface area contributed by atoms with Crippen LogP contribution in [0.15, 0.2) is 23.1 Å². The molecule has 0 aliphatic rings. The first-order valence-electron chi connectivity index (χ1n) is 6.13. The average Bonchev–Trinajstić information content (AvgIpc) is 2.23. The van der Waals surface area contributed by atoms with Crippen LogP contribution in [0.2, 0.25) is 0 Å². The second-order valence-electron chi connectivity index (χ2n) is 5.67. The van der Waals surface area contributed by atoms with Crippen molar-refractivity contribution in [2.75, 3.05) is 23.9 Å². The lowest BCUT2D eigenvalue weighted by atomic mass is 10.1. The van der Waals surface area contributed by atoms with E-state index in [1.54, 1.807) is 6.07 Å². The second kappa shape index (κ2) is 5.70. The van der Waals surface area contributed by atoms with E-state index >= 15 is 0 Å². The van der Waals surface area contributed by atoms with Gasteiger partial charge in [0.25, 0.3) is 0 Å². The Labute approximate surface area is 119 Å². The van der Waals surface area contributed by atoms with Gasteiger partial charge in [-0.2, -0.15) is 0 Å². The molecule has 1 aromatic rings. The Hall–Kier alpha value is -1.76. The number of amides is 1. The highest BCUT2D eigenvalue weighted by atomic mass is 32.2. The number of nitrogens with one attached hydrogen (secondary N) is 2. The zero-order chi connectivity index (χ0) is 15.6. The van der Waals surface area contributed by atoms with Crippen LogP contribution in [0.5, 0.6) is 0 Å². The van der Waals surface area contributed by atoms with Gasteiger partial charge in [-0.3, -0.25) is 4.79 Å². The van der Waals surface area contributed by atoms with E-state index in [1.165, 1.54) is 12.1 Å². The van der Waals surface area contributed by atoms with Crippen molar-refractivity contribution in [3.8, 4) is 0 Å². The zero-order valence-electron chi connectivity index (χ0n) is 12.1. The molecule has 112 valence electrons. The Kier molecular flexibility index (Phi) is 4.65. The summed E-state index contributed by atoms with van der Waals surface area (Å²) in [5.41, 5.74) is 6.29. The summed E-state index contributed by atoms with van der Waals surface area (Å²) in [4.78, 5) is 11.8. The predicted octanol–water partition coefficient (Wildman–Crippen LogP) is 0.999. The molecule has 6 nitrogen and oxygen atoms in total. The van der Waals surface area contributed by atoms with E-state index in [1.807, 2.05) is 20.8 Å². The Morgan fingerprint density at radius 3 is 2.35 bits per heavy atom. The summed E-state index contributed by atoms with van der Waals surface area (Å²) < 4.78 is 22.8. The summed E-state index contributed by atoms with van der Waals surface area (Å²) in [5, 5.41) is 5.69. The molecule has 0 saturated heterocycles. The number of carbonyl (C=O) groups is 1. The van der Waals surface area contributed by atoms with Gasteiger partial charge in [0, 0.05) is 11.8 Å². The molecule has 0 atom stereocenters. The summed E-state index contributed by atoms with van der Waals surface area (Å²) in [7, 11) is -3.28. The van der Waals surface area contributed by atoms with E-state index in [4.69, 9.17) is 5.73 Å². The summed E-state index contributed by atoms with van der Waals surface area (Å²) >= 11 is 0. The number of hydrogen-bond donors (Lipinski definition) is 3. The minimum atomic E-state index is -3.28. The normalized spacial score (nSPS) is 12.0. The van der Waals surface area contributed by atoms with Crippen molar-refractivity contribution in [2.45, 2.75) is 31.2 Å². The maximum atomic E-state index is 11.7. The number of rotatable bonds is 4. The van der Waals surface area contributed by atoms with Gasteiger partial charge in [0.2, 0.25) is 5.91 Å². The lowest BCUT2D eigenvalue weighted by Crippen LogP contribution is -2.43. The van der Waals surface area contributed by atoms with Crippen LogP contribution in [0.3, 0.4) is 0 Å². The summed E-state index contributed by atoms with van der Waals surface area (Å²) in [6, 6.07) is 4.38. The minimum Gasteiger partial charge on any atom is -0.397 e. The van der Waals surface area contributed by atoms with Crippen molar-refractivity contribution >= 4 is 27.1 Å². The van der Waals surface area contributed by atoms with Gasteiger partial charge in [-0.25, -0.2) is 8.42 Å². The minimum absolute atomic E-state index is 0.0691. The molecule has 1 aromatic carbocycles. The molecule has 0 aliphatic heterocycles. The third-order valence-corrected chi connectivity index (χ3v) is 3.52. The fourth-order valence-corrected chi connectivity index (χ4v) is 2.23. The fraction of sp³-hybridized carbons (Fsp3) is 0.462. The molecule has 20 heavy (non-hydrogen) atoms. The largest absolute Gasteiger partial charge is 0.397 e. The number of anilines is 2. The molecule has 1 rings (SSSR count). The van der Waals surface area contributed by atoms with E-state index < -0.39 is 9.84 Å². The topological polar surface area (TPSA) is 101 Å². The Morgan fingerprint density at radius 1 is 1.30 bits per heavy atom. The van der Waals surface area contributed by atoms with Crippen LogP contribution < -0.4 is 16.4 Å². The Morgan fingerprint density at radius 2 is 1.90 bits per heavy atom. The molecule has 1 amide bonds. The fourth-order valence-electron chi connectivity index (χ4n) is 1.57.